The molecule has 1 N–H and O–H groups in total. The van der Waals surface area contributed by atoms with Crippen LogP contribution in [-0.4, -0.2) is 52.1 Å². The maximum atomic E-state index is 13.7. The number of aromatic nitrogens is 3. The molecule has 6 rings (SSSR count). The molecule has 0 spiro atoms. The summed E-state index contributed by atoms with van der Waals surface area (Å²) >= 11 is 1.49. The van der Waals surface area contributed by atoms with Crippen LogP contribution in [-0.2, 0) is 11.3 Å². The van der Waals surface area contributed by atoms with Gasteiger partial charge in [0.2, 0.25) is 0 Å². The number of fused-ring (bicyclic) bond motifs is 1. The molecule has 2 aromatic carbocycles. The average molecular weight is 526 g/mol. The summed E-state index contributed by atoms with van der Waals surface area (Å²) in [6.07, 6.45) is 5.02. The fraction of sp³-hybridized carbons (Fsp3) is 0.172. The third kappa shape index (κ3) is 5.31. The summed E-state index contributed by atoms with van der Waals surface area (Å²) in [5.41, 5.74) is 5.10. The van der Waals surface area contributed by atoms with Crippen LogP contribution in [0.5, 0.6) is 0 Å². The fourth-order valence-electron chi connectivity index (χ4n) is 4.45. The molecule has 0 bridgehead atoms. The first-order chi connectivity index (χ1) is 18.6. The van der Waals surface area contributed by atoms with Crippen LogP contribution in [0.3, 0.4) is 0 Å². The van der Waals surface area contributed by atoms with Crippen molar-refractivity contribution in [2.45, 2.75) is 6.54 Å². The van der Waals surface area contributed by atoms with Crippen molar-refractivity contribution in [3.8, 4) is 21.7 Å². The van der Waals surface area contributed by atoms with Gasteiger partial charge in [-0.3, -0.25) is 14.7 Å². The summed E-state index contributed by atoms with van der Waals surface area (Å²) in [5, 5.41) is 3.78. The highest BCUT2D eigenvalue weighted by Gasteiger charge is 2.16. The zero-order chi connectivity index (χ0) is 25.9. The van der Waals surface area contributed by atoms with Gasteiger partial charge in [0.15, 0.2) is 0 Å². The Hall–Kier alpha value is -4.05. The van der Waals surface area contributed by atoms with E-state index in [4.69, 9.17) is 9.72 Å². The number of morpholine rings is 1. The van der Waals surface area contributed by atoms with E-state index in [0.29, 0.717) is 22.4 Å². The average Bonchev–Trinajstić information content (AvgIpc) is 3.37. The summed E-state index contributed by atoms with van der Waals surface area (Å²) in [6, 6.07) is 17.6. The Morgan fingerprint density at radius 1 is 1.00 bits per heavy atom. The van der Waals surface area contributed by atoms with Gasteiger partial charge in [0.25, 0.3) is 5.91 Å². The highest BCUT2D eigenvalue weighted by Crippen LogP contribution is 2.34. The van der Waals surface area contributed by atoms with E-state index in [9.17, 15) is 9.18 Å². The largest absolute Gasteiger partial charge is 0.379 e. The normalized spacial score (nSPS) is 14.0. The first-order valence-corrected chi connectivity index (χ1v) is 13.1. The molecule has 0 unspecified atom stereocenters. The number of para-hydroxylation sites is 1. The number of rotatable bonds is 6. The Labute approximate surface area is 223 Å². The molecule has 0 atom stereocenters. The zero-order valence-electron chi connectivity index (χ0n) is 20.4. The minimum atomic E-state index is -0.343. The van der Waals surface area contributed by atoms with E-state index in [1.165, 1.54) is 29.7 Å². The standard InChI is InChI=1S/C29H24FN5O2S/c30-23-5-3-4-20(14-23)21-13-22(17-31-16-21)27(36)33-25-7-2-1-6-24(25)28-34-26-12-19(15-32-29(26)38-28)18-35-8-10-37-11-9-35/h1-7,12-17H,8-11,18H2,(H,33,36). The number of nitrogens with one attached hydrogen (secondary N) is 1. The molecule has 5 aromatic rings. The number of benzene rings is 2. The summed E-state index contributed by atoms with van der Waals surface area (Å²) in [6.45, 7) is 4.14. The SMILES string of the molecule is O=C(Nc1ccccc1-c1nc2cc(CN3CCOCC3)cnc2s1)c1cncc(-c2cccc(F)c2)c1. The lowest BCUT2D eigenvalue weighted by atomic mass is 10.1. The number of hydrogen-bond donors (Lipinski definition) is 1. The van der Waals surface area contributed by atoms with E-state index in [0.717, 1.165) is 59.3 Å². The number of hydrogen-bond acceptors (Lipinski definition) is 7. The topological polar surface area (TPSA) is 80.2 Å². The Morgan fingerprint density at radius 2 is 1.87 bits per heavy atom. The van der Waals surface area contributed by atoms with Crippen molar-refractivity contribution < 1.29 is 13.9 Å². The minimum absolute atomic E-state index is 0.310. The van der Waals surface area contributed by atoms with E-state index < -0.39 is 0 Å². The number of ether oxygens (including phenoxy) is 1. The summed E-state index contributed by atoms with van der Waals surface area (Å²) < 4.78 is 19.1. The van der Waals surface area contributed by atoms with Crippen LogP contribution in [0.4, 0.5) is 10.1 Å². The van der Waals surface area contributed by atoms with E-state index in [2.05, 4.69) is 26.3 Å². The lowest BCUT2D eigenvalue weighted by molar-refractivity contribution is 0.0341. The third-order valence-corrected chi connectivity index (χ3v) is 7.39. The van der Waals surface area contributed by atoms with Crippen molar-refractivity contribution in [2.75, 3.05) is 31.6 Å². The van der Waals surface area contributed by atoms with Crippen molar-refractivity contribution in [2.24, 2.45) is 0 Å². The number of carbonyl (C=O) groups excluding carboxylic acids is 1. The second kappa shape index (κ2) is 10.7. The van der Waals surface area contributed by atoms with Gasteiger partial charge in [-0.2, -0.15) is 0 Å². The quantitative estimate of drug-likeness (QED) is 0.309. The highest BCUT2D eigenvalue weighted by molar-refractivity contribution is 7.21. The summed E-state index contributed by atoms with van der Waals surface area (Å²) in [5.74, 6) is -0.653. The molecule has 9 heteroatoms. The predicted molar refractivity (Wildman–Crippen MR) is 147 cm³/mol. The van der Waals surface area contributed by atoms with Crippen LogP contribution >= 0.6 is 11.3 Å². The maximum absolute atomic E-state index is 13.7. The van der Waals surface area contributed by atoms with Crippen LogP contribution in [0.15, 0.2) is 79.3 Å². The molecular weight excluding hydrogens is 501 g/mol. The van der Waals surface area contributed by atoms with Gasteiger partial charge >= 0.3 is 0 Å². The van der Waals surface area contributed by atoms with Crippen LogP contribution in [0.1, 0.15) is 15.9 Å². The molecule has 1 aliphatic rings. The molecule has 190 valence electrons. The molecule has 1 aliphatic heterocycles. The van der Waals surface area contributed by atoms with Crippen molar-refractivity contribution in [3.05, 3.63) is 96.2 Å². The van der Waals surface area contributed by atoms with Crippen LogP contribution in [0.2, 0.25) is 0 Å². The first-order valence-electron chi connectivity index (χ1n) is 12.3. The van der Waals surface area contributed by atoms with Gasteiger partial charge in [-0.25, -0.2) is 14.4 Å². The Balaban J connectivity index is 1.24. The summed E-state index contributed by atoms with van der Waals surface area (Å²) in [4.78, 5) is 30.1. The Morgan fingerprint density at radius 3 is 2.74 bits per heavy atom. The molecule has 3 aromatic heterocycles. The molecule has 0 aliphatic carbocycles. The van der Waals surface area contributed by atoms with Crippen molar-refractivity contribution >= 4 is 33.3 Å². The third-order valence-electron chi connectivity index (χ3n) is 6.38. The zero-order valence-corrected chi connectivity index (χ0v) is 21.2. The molecule has 0 saturated carbocycles. The van der Waals surface area contributed by atoms with E-state index >= 15 is 0 Å². The van der Waals surface area contributed by atoms with Crippen molar-refractivity contribution in [1.29, 1.82) is 0 Å². The number of anilines is 1. The molecule has 38 heavy (non-hydrogen) atoms. The molecule has 4 heterocycles. The number of pyridine rings is 2. The van der Waals surface area contributed by atoms with Crippen LogP contribution in [0.25, 0.3) is 32.0 Å². The lowest BCUT2D eigenvalue weighted by Crippen LogP contribution is -2.35. The Bertz CT molecular complexity index is 1620. The summed E-state index contributed by atoms with van der Waals surface area (Å²) in [7, 11) is 0. The maximum Gasteiger partial charge on any atom is 0.257 e. The van der Waals surface area contributed by atoms with Gasteiger partial charge in [-0.05, 0) is 47.5 Å². The fourth-order valence-corrected chi connectivity index (χ4v) is 5.38. The van der Waals surface area contributed by atoms with Crippen LogP contribution < -0.4 is 5.32 Å². The second-order valence-corrected chi connectivity index (χ2v) is 10.0. The monoisotopic (exact) mass is 525 g/mol. The number of halogens is 1. The van der Waals surface area contributed by atoms with E-state index in [1.807, 2.05) is 30.5 Å². The molecule has 7 nitrogen and oxygen atoms in total. The highest BCUT2D eigenvalue weighted by atomic mass is 32.1. The van der Waals surface area contributed by atoms with Crippen molar-refractivity contribution in [3.63, 3.8) is 0 Å². The van der Waals surface area contributed by atoms with E-state index in [-0.39, 0.29) is 11.7 Å². The van der Waals surface area contributed by atoms with Gasteiger partial charge in [-0.15, -0.1) is 0 Å². The molecular formula is C29H24FN5O2S. The van der Waals surface area contributed by atoms with Gasteiger partial charge in [0.05, 0.1) is 24.5 Å². The minimum Gasteiger partial charge on any atom is -0.379 e. The molecule has 1 fully saturated rings. The molecule has 0 radical (unpaired) electrons. The predicted octanol–water partition coefficient (Wildman–Crippen LogP) is 5.64. The van der Waals surface area contributed by atoms with Gasteiger partial charge < -0.3 is 10.1 Å². The number of nitrogens with zero attached hydrogens (tertiary/aromatic N) is 4. The number of amides is 1. The lowest BCUT2D eigenvalue weighted by Gasteiger charge is -2.26. The smallest absolute Gasteiger partial charge is 0.257 e. The van der Waals surface area contributed by atoms with Crippen molar-refractivity contribution in [1.82, 2.24) is 19.9 Å². The van der Waals surface area contributed by atoms with Gasteiger partial charge in [0.1, 0.15) is 21.2 Å². The van der Waals surface area contributed by atoms with Crippen LogP contribution in [0, 0.1) is 5.82 Å². The van der Waals surface area contributed by atoms with E-state index in [1.54, 1.807) is 24.4 Å². The Kier molecular flexibility index (Phi) is 6.87. The number of carbonyl (C=O) groups is 1. The first kappa shape index (κ1) is 24.3. The van der Waals surface area contributed by atoms with Gasteiger partial charge in [0, 0.05) is 49.4 Å². The number of thiazole rings is 1. The molecule has 1 saturated heterocycles. The second-order valence-electron chi connectivity index (χ2n) is 9.05. The molecule has 1 amide bonds. The van der Waals surface area contributed by atoms with Gasteiger partial charge in [-0.1, -0.05) is 35.6 Å².